The average molecular weight is 2010 g/mol. The van der Waals surface area contributed by atoms with Gasteiger partial charge in [-0.3, -0.25) is 90.5 Å². The van der Waals surface area contributed by atoms with Gasteiger partial charge < -0.3 is 127 Å². The number of nitrogens with one attached hydrogen (secondary N) is 11. The lowest BCUT2D eigenvalue weighted by atomic mass is 9.89. The van der Waals surface area contributed by atoms with E-state index in [-0.39, 0.29) is 146 Å². The number of likely N-dealkylation sites (N-methyl/N-ethyl adjacent to an activating group) is 2. The number of phosphoric ester groups is 1. The molecule has 0 bridgehead atoms. The highest BCUT2D eigenvalue weighted by atomic mass is 31.2. The molecule has 1 unspecified atom stereocenters. The molecular weight excluding hydrogens is 1860 g/mol. The number of nitrogens with two attached hydrogens (primary N) is 1. The van der Waals surface area contributed by atoms with Gasteiger partial charge in [-0.1, -0.05) is 111 Å². The summed E-state index contributed by atoms with van der Waals surface area (Å²) in [6.07, 6.45) is -1.86. The van der Waals surface area contributed by atoms with E-state index < -0.39 is 228 Å². The summed E-state index contributed by atoms with van der Waals surface area (Å²) in [5.74, 6) is -13.2. The molecule has 5 rings (SSSR count). The maximum Gasteiger partial charge on any atom is 0.473 e. The van der Waals surface area contributed by atoms with E-state index in [1.54, 1.807) is 74.9 Å². The number of rotatable bonds is 65. The van der Waals surface area contributed by atoms with Crippen LogP contribution in [0.2, 0.25) is 0 Å². The Morgan fingerprint density at radius 2 is 1.20 bits per heavy atom. The van der Waals surface area contributed by atoms with E-state index in [2.05, 4.69) is 58.5 Å². The molecule has 2 saturated heterocycles. The zero-order valence-electron chi connectivity index (χ0n) is 81.8. The third kappa shape index (κ3) is 40.3. The van der Waals surface area contributed by atoms with E-state index >= 15 is 0 Å². The third-order valence-corrected chi connectivity index (χ3v) is 25.2. The summed E-state index contributed by atoms with van der Waals surface area (Å²) in [4.78, 5) is 250. The number of hydrogen-bond acceptors (Lipinski definition) is 29. The minimum atomic E-state index is -5.03. The number of urea groups is 1. The predicted molar refractivity (Wildman–Crippen MR) is 502 cm³/mol. The molecule has 3 aliphatic rings. The Morgan fingerprint density at radius 1 is 0.604 bits per heavy atom. The normalized spacial score (nSPS) is 17.8. The van der Waals surface area contributed by atoms with Crippen LogP contribution >= 0.6 is 15.4 Å². The molecule has 0 aromatic heterocycles. The molecule has 17 atom stereocenters. The molecule has 17 N–H and O–H groups in total. The quantitative estimate of drug-likeness (QED) is 0.0173. The van der Waals surface area contributed by atoms with Crippen LogP contribution in [0.5, 0.6) is 0 Å². The van der Waals surface area contributed by atoms with E-state index in [1.165, 1.54) is 38.5 Å². The number of primary amides is 1. The summed E-state index contributed by atoms with van der Waals surface area (Å²) in [5.41, 5.74) is 6.16. The topological polar surface area (TPSA) is 643 Å². The minimum absolute atomic E-state index is 0.00144. The number of esters is 1. The third-order valence-electron chi connectivity index (χ3n) is 23.5. The molecule has 3 aliphatic heterocycles. The Morgan fingerprint density at radius 3 is 1.76 bits per heavy atom. The first kappa shape index (κ1) is 119. The summed E-state index contributed by atoms with van der Waals surface area (Å²) in [5, 5.41) is 38.6. The summed E-state index contributed by atoms with van der Waals surface area (Å²) in [7, 11) is -1.30. The average Bonchev–Trinajstić information content (AvgIpc) is 1.77. The van der Waals surface area contributed by atoms with E-state index in [0.717, 1.165) is 12.2 Å². The monoisotopic (exact) mass is 2010 g/mol. The SMILES string of the molecule is CC[C@H](C)[C@@H]([C@@H](CC(=O)N1CCC[C@H]1[C@H](OC)[C@@H](C)C(=O)N[C@H](C)[C@@H](OP(=O)(O)OCc1ccc(NC(=O)[C@H](CCCNC(N)=O)NC(=O)[C@@H](NC(=O)[C@H](CO)NC(=O)[C@H](CC(=O)N[C@H]2CCOC2=O)NC(=O)CCOCCOCCOCCOCCNC(=O)[C@H](CNC(=O)CCP(=O)(O)O)N2C(=O)C=CC2=O)C(C)C)cc1)c1ccccc1)OC)N(C)C(=O)[C@@H](NC(=O)[C@H](C(C)C)N(C)C)C(C)C. The Kier molecular flexibility index (Phi) is 51.5. The number of nitrogens with zero attached hydrogens (tertiary/aromatic N) is 4. The number of aliphatic hydroxyl groups is 1. The van der Waals surface area contributed by atoms with Crippen LogP contribution in [0.1, 0.15) is 151 Å². The van der Waals surface area contributed by atoms with Crippen LogP contribution in [0.3, 0.4) is 0 Å². The van der Waals surface area contributed by atoms with Crippen LogP contribution in [0.15, 0.2) is 66.7 Å². The maximum atomic E-state index is 14.7. The van der Waals surface area contributed by atoms with Gasteiger partial charge in [-0.05, 0) is 93.6 Å². The van der Waals surface area contributed by atoms with Gasteiger partial charge in [0, 0.05) is 84.5 Å². The Balaban J connectivity index is 1.14. The fraction of sp³-hybridized carbons (Fsp3) is 0.667. The largest absolute Gasteiger partial charge is 0.473 e. The van der Waals surface area contributed by atoms with Crippen molar-refractivity contribution in [1.82, 2.24) is 72.8 Å². The zero-order valence-corrected chi connectivity index (χ0v) is 83.6. The number of carbonyl (C=O) groups excluding carboxylic acids is 16. The highest BCUT2D eigenvalue weighted by Crippen LogP contribution is 2.50. The van der Waals surface area contributed by atoms with Gasteiger partial charge in [-0.25, -0.2) is 14.2 Å². The van der Waals surface area contributed by atoms with Crippen molar-refractivity contribution in [2.45, 2.75) is 225 Å². The first-order valence-electron chi connectivity index (χ1n) is 46.4. The van der Waals surface area contributed by atoms with Gasteiger partial charge in [0.15, 0.2) is 0 Å². The molecule has 0 radical (unpaired) electrons. The number of cyclic esters (lactones) is 1. The van der Waals surface area contributed by atoms with E-state index in [9.17, 15) is 95.8 Å². The molecule has 2 aromatic rings. The molecule has 139 heavy (non-hydrogen) atoms. The van der Waals surface area contributed by atoms with Gasteiger partial charge >= 0.3 is 27.4 Å². The molecule has 16 amide bonds. The molecule has 2 fully saturated rings. The van der Waals surface area contributed by atoms with Crippen molar-refractivity contribution >= 4 is 116 Å². The molecule has 2 aromatic carbocycles. The molecule has 780 valence electrons. The molecule has 0 aliphatic carbocycles. The van der Waals surface area contributed by atoms with Crippen molar-refractivity contribution in [3.8, 4) is 0 Å². The number of benzene rings is 2. The highest BCUT2D eigenvalue weighted by molar-refractivity contribution is 7.51. The molecule has 0 spiro atoms. The van der Waals surface area contributed by atoms with Gasteiger partial charge in [0.2, 0.25) is 70.9 Å². The number of methoxy groups -OCH3 is 2. The molecule has 3 heterocycles. The van der Waals surface area contributed by atoms with Crippen LogP contribution in [0, 0.1) is 29.6 Å². The number of amides is 16. The first-order chi connectivity index (χ1) is 65.7. The van der Waals surface area contributed by atoms with Gasteiger partial charge in [0.05, 0.1) is 134 Å². The first-order valence-corrected chi connectivity index (χ1v) is 49.7. The lowest BCUT2D eigenvalue weighted by Crippen LogP contribution is -2.60. The van der Waals surface area contributed by atoms with Gasteiger partial charge in [-0.2, -0.15) is 0 Å². The Bertz CT molecular complexity index is 4490. The van der Waals surface area contributed by atoms with Crippen molar-refractivity contribution in [3.63, 3.8) is 0 Å². The second kappa shape index (κ2) is 60.0. The molecule has 49 heteroatoms. The molecular formula is C90H144N16O31P2. The summed E-state index contributed by atoms with van der Waals surface area (Å²) in [6.45, 7) is 16.1. The number of hydrogen-bond donors (Lipinski definition) is 16. The minimum Gasteiger partial charge on any atom is -0.464 e. The maximum absolute atomic E-state index is 14.7. The number of ether oxygens (including phenoxy) is 7. The predicted octanol–water partition coefficient (Wildman–Crippen LogP) is -0.440. The summed E-state index contributed by atoms with van der Waals surface area (Å²) in [6, 6.07) is 0.728. The van der Waals surface area contributed by atoms with Gasteiger partial charge in [0.25, 0.3) is 11.8 Å². The number of likely N-dealkylation sites (tertiary alicyclic amines) is 1. The number of imide groups is 1. The second-order valence-electron chi connectivity index (χ2n) is 35.3. The number of phosphoric acid groups is 1. The van der Waals surface area contributed by atoms with Crippen molar-refractivity contribution < 1.29 is 148 Å². The summed E-state index contributed by atoms with van der Waals surface area (Å²) < 4.78 is 75.7. The molecule has 47 nitrogen and oxygen atoms in total. The number of carbonyl (C=O) groups is 16. The van der Waals surface area contributed by atoms with Crippen LogP contribution < -0.4 is 64.2 Å². The number of aliphatic hydroxyl groups excluding tert-OH is 1. The van der Waals surface area contributed by atoms with Crippen LogP contribution in [-0.4, -0.2) is 347 Å². The van der Waals surface area contributed by atoms with Gasteiger partial charge in [-0.15, -0.1) is 0 Å². The van der Waals surface area contributed by atoms with Crippen molar-refractivity contribution in [3.05, 3.63) is 77.9 Å². The fourth-order valence-electron chi connectivity index (χ4n) is 15.9. The standard InChI is InChI=1S/C90H144N16O31P2/c1-16-56(8)78(104(13)88(121)76(54(4)5)102-87(120)77(55(6)7)103(11)12)68(129-14)49-74(113)105-37-21-25-66(105)79(130-15)57(9)81(114)95-58(10)80(60-22-18-17-19-23-60)137-139(127,128)136-52-59-26-28-61(29-27-59)96-82(115)62(24-20-35-93-90(91)123)99-86(119)75(53(2)3)101-84(117)65(51-107)100-83(116)64(48-71(110)97-63-32-39-135-89(63)122)98-70(109)33-38-131-41-43-133-45-46-134-44-42-132-40-36-92-85(118)67(106-72(111)30-31-73(106)112)50-94-69(108)34-47-138(124,125)126/h17-19,22-23,26-31,53-58,62-68,75-80,107H,16,20-21,24-25,32-52H2,1-15H3,(H,92,118)(H,94,108)(H,95,114)(H,96,115)(H,97,110)(H,98,109)(H,99,119)(H,100,116)(H,101,117)(H,102,120)(H,127,128)(H3,91,93,123)(H2,124,125,126)/t56-,57+,58+,62-,63-,64-,65-,66-,67-,68+,75-,76-,77-,78-,79+,80+/m0/s1. The van der Waals surface area contributed by atoms with Crippen LogP contribution in [0.25, 0.3) is 0 Å². The fourth-order valence-corrected chi connectivity index (χ4v) is 17.3. The van der Waals surface area contributed by atoms with E-state index in [0.29, 0.717) is 41.8 Å². The van der Waals surface area contributed by atoms with Gasteiger partial charge in [0.1, 0.15) is 48.4 Å². The lowest BCUT2D eigenvalue weighted by Gasteiger charge is -2.41. The van der Waals surface area contributed by atoms with Crippen molar-refractivity contribution in [2.24, 2.45) is 35.3 Å². The smallest absolute Gasteiger partial charge is 0.464 e. The lowest BCUT2D eigenvalue weighted by molar-refractivity contribution is -0.148. The van der Waals surface area contributed by atoms with Crippen LogP contribution in [-0.2, 0) is 130 Å². The van der Waals surface area contributed by atoms with E-state index in [4.69, 9.17) is 57.7 Å². The zero-order chi connectivity index (χ0) is 104. The number of anilines is 1. The Hall–Kier alpha value is -10.4. The van der Waals surface area contributed by atoms with E-state index in [1.807, 2.05) is 60.5 Å². The Labute approximate surface area is 809 Å². The van der Waals surface area contributed by atoms with Crippen LogP contribution in [0.4, 0.5) is 10.5 Å². The highest BCUT2D eigenvalue weighted by Gasteiger charge is 2.46. The van der Waals surface area contributed by atoms with Crippen molar-refractivity contribution in [1.29, 1.82) is 0 Å². The van der Waals surface area contributed by atoms with Crippen molar-refractivity contribution in [2.75, 3.05) is 139 Å². The molecule has 0 saturated carbocycles. The summed E-state index contributed by atoms with van der Waals surface area (Å²) >= 11 is 0. The second-order valence-corrected chi connectivity index (χ2v) is 38.5.